The molecular formula is C13H14N2O4S2. The van der Waals surface area contributed by atoms with Crippen molar-refractivity contribution in [1.29, 1.82) is 0 Å². The molecule has 1 saturated heterocycles. The van der Waals surface area contributed by atoms with Crippen LogP contribution in [0.5, 0.6) is 0 Å². The molecule has 0 radical (unpaired) electrons. The van der Waals surface area contributed by atoms with Gasteiger partial charge in [-0.15, -0.1) is 11.3 Å². The van der Waals surface area contributed by atoms with Crippen molar-refractivity contribution in [3.8, 4) is 10.8 Å². The van der Waals surface area contributed by atoms with Crippen molar-refractivity contribution in [2.45, 2.75) is 18.9 Å². The predicted molar refractivity (Wildman–Crippen MR) is 79.0 cm³/mol. The number of thiazole rings is 1. The number of nitrogens with one attached hydrogen (secondary N) is 1. The van der Waals surface area contributed by atoms with Gasteiger partial charge in [-0.05, 0) is 25.5 Å². The van der Waals surface area contributed by atoms with Crippen molar-refractivity contribution < 1.29 is 17.6 Å². The third-order valence-corrected chi connectivity index (χ3v) is 6.15. The van der Waals surface area contributed by atoms with Crippen LogP contribution in [0.4, 0.5) is 0 Å². The van der Waals surface area contributed by atoms with Gasteiger partial charge in [0.15, 0.2) is 20.6 Å². The first-order valence-electron chi connectivity index (χ1n) is 6.39. The Hall–Kier alpha value is -1.67. The first kappa shape index (κ1) is 14.3. The zero-order valence-corrected chi connectivity index (χ0v) is 13.0. The van der Waals surface area contributed by atoms with Gasteiger partial charge in [-0.3, -0.25) is 4.79 Å². The monoisotopic (exact) mass is 326 g/mol. The highest BCUT2D eigenvalue weighted by Gasteiger charge is 2.39. The van der Waals surface area contributed by atoms with Crippen molar-refractivity contribution in [2.24, 2.45) is 0 Å². The summed E-state index contributed by atoms with van der Waals surface area (Å²) in [5.41, 5.74) is -0.443. The number of sulfone groups is 1. The zero-order chi connectivity index (χ0) is 15.1. The third-order valence-electron chi connectivity index (χ3n) is 3.39. The molecule has 3 heterocycles. The molecule has 6 nitrogen and oxygen atoms in total. The van der Waals surface area contributed by atoms with Crippen LogP contribution < -0.4 is 5.32 Å². The van der Waals surface area contributed by atoms with Gasteiger partial charge in [-0.25, -0.2) is 13.4 Å². The normalized spacial score (nSPS) is 24.0. The predicted octanol–water partition coefficient (Wildman–Crippen LogP) is 1.71. The Morgan fingerprint density at radius 1 is 1.52 bits per heavy atom. The number of hydrogen-bond donors (Lipinski definition) is 1. The van der Waals surface area contributed by atoms with E-state index in [0.717, 1.165) is 0 Å². The lowest BCUT2D eigenvalue weighted by atomic mass is 10.0. The van der Waals surface area contributed by atoms with E-state index in [0.29, 0.717) is 17.2 Å². The first-order valence-corrected chi connectivity index (χ1v) is 9.09. The SMILES string of the molecule is C[C@]1(NC(=O)c2csc(-c3ccco3)n2)CCS(=O)(=O)C1. The summed E-state index contributed by atoms with van der Waals surface area (Å²) in [5.74, 6) is 0.330. The molecule has 1 amide bonds. The summed E-state index contributed by atoms with van der Waals surface area (Å²) >= 11 is 1.31. The smallest absolute Gasteiger partial charge is 0.271 e. The maximum atomic E-state index is 12.2. The maximum absolute atomic E-state index is 12.2. The molecule has 0 unspecified atom stereocenters. The van der Waals surface area contributed by atoms with Crippen LogP contribution in [0.25, 0.3) is 10.8 Å². The standard InChI is InChI=1S/C13H14N2O4S2/c1-13(4-6-21(17,18)8-13)15-11(16)9-7-20-12(14-9)10-3-2-5-19-10/h2-3,5,7H,4,6,8H2,1H3,(H,15,16)/t13-/m0/s1. The molecule has 3 rings (SSSR count). The van der Waals surface area contributed by atoms with E-state index in [2.05, 4.69) is 10.3 Å². The van der Waals surface area contributed by atoms with E-state index in [1.807, 2.05) is 0 Å². The molecule has 0 bridgehead atoms. The van der Waals surface area contributed by atoms with Crippen LogP contribution in [-0.2, 0) is 9.84 Å². The molecule has 21 heavy (non-hydrogen) atoms. The lowest BCUT2D eigenvalue weighted by molar-refractivity contribution is 0.0911. The quantitative estimate of drug-likeness (QED) is 0.927. The second kappa shape index (κ2) is 4.96. The number of nitrogens with zero attached hydrogens (tertiary/aromatic N) is 1. The lowest BCUT2D eigenvalue weighted by Gasteiger charge is -2.23. The van der Waals surface area contributed by atoms with Crippen molar-refractivity contribution in [3.63, 3.8) is 0 Å². The fourth-order valence-electron chi connectivity index (χ4n) is 2.34. The highest BCUT2D eigenvalue weighted by molar-refractivity contribution is 7.91. The van der Waals surface area contributed by atoms with Crippen LogP contribution in [-0.4, -0.2) is 36.4 Å². The first-order chi connectivity index (χ1) is 9.87. The molecule has 112 valence electrons. The summed E-state index contributed by atoms with van der Waals surface area (Å²) in [6.07, 6.45) is 1.97. The van der Waals surface area contributed by atoms with Gasteiger partial charge in [-0.1, -0.05) is 0 Å². The molecule has 1 fully saturated rings. The van der Waals surface area contributed by atoms with E-state index in [9.17, 15) is 13.2 Å². The Labute approximate surface area is 126 Å². The van der Waals surface area contributed by atoms with Crippen LogP contribution in [0, 0.1) is 0 Å². The van der Waals surface area contributed by atoms with Gasteiger partial charge in [0.25, 0.3) is 5.91 Å². The number of rotatable bonds is 3. The molecular weight excluding hydrogens is 312 g/mol. The fourth-order valence-corrected chi connectivity index (χ4v) is 5.20. The minimum atomic E-state index is -3.06. The molecule has 0 aliphatic carbocycles. The van der Waals surface area contributed by atoms with E-state index >= 15 is 0 Å². The summed E-state index contributed by atoms with van der Waals surface area (Å²) < 4.78 is 28.3. The van der Waals surface area contributed by atoms with Crippen LogP contribution in [0.15, 0.2) is 28.2 Å². The summed E-state index contributed by atoms with van der Waals surface area (Å²) in [5, 5.41) is 5.04. The van der Waals surface area contributed by atoms with E-state index in [-0.39, 0.29) is 23.1 Å². The van der Waals surface area contributed by atoms with Gasteiger partial charge in [0.2, 0.25) is 0 Å². The summed E-state index contributed by atoms with van der Waals surface area (Å²) in [6, 6.07) is 3.52. The molecule has 0 spiro atoms. The Balaban J connectivity index is 1.75. The highest BCUT2D eigenvalue weighted by atomic mass is 32.2. The van der Waals surface area contributed by atoms with E-state index in [4.69, 9.17) is 4.42 Å². The number of furan rings is 1. The largest absolute Gasteiger partial charge is 0.462 e. The summed E-state index contributed by atoms with van der Waals surface area (Å²) in [7, 11) is -3.06. The molecule has 0 aromatic carbocycles. The van der Waals surface area contributed by atoms with Gasteiger partial charge in [0.1, 0.15) is 5.69 Å². The topological polar surface area (TPSA) is 89.3 Å². The minimum absolute atomic E-state index is 0.0269. The molecule has 2 aromatic rings. The van der Waals surface area contributed by atoms with Gasteiger partial charge >= 0.3 is 0 Å². The molecule has 1 aliphatic heterocycles. The second-order valence-electron chi connectivity index (χ2n) is 5.37. The Morgan fingerprint density at radius 3 is 2.95 bits per heavy atom. The molecule has 1 aliphatic rings. The van der Waals surface area contributed by atoms with Crippen LogP contribution in [0.1, 0.15) is 23.8 Å². The number of carbonyl (C=O) groups excluding carboxylic acids is 1. The van der Waals surface area contributed by atoms with E-state index in [1.165, 1.54) is 11.3 Å². The van der Waals surface area contributed by atoms with Crippen LogP contribution in [0.3, 0.4) is 0 Å². The zero-order valence-electron chi connectivity index (χ0n) is 11.3. The van der Waals surface area contributed by atoms with E-state index < -0.39 is 15.4 Å². The minimum Gasteiger partial charge on any atom is -0.462 e. The summed E-state index contributed by atoms with van der Waals surface area (Å²) in [4.78, 5) is 16.4. The Morgan fingerprint density at radius 2 is 2.33 bits per heavy atom. The van der Waals surface area contributed by atoms with Gasteiger partial charge in [0.05, 0.1) is 23.3 Å². The van der Waals surface area contributed by atoms with Crippen molar-refractivity contribution in [1.82, 2.24) is 10.3 Å². The third kappa shape index (κ3) is 3.01. The highest BCUT2D eigenvalue weighted by Crippen LogP contribution is 2.26. The number of hydrogen-bond acceptors (Lipinski definition) is 6. The lowest BCUT2D eigenvalue weighted by Crippen LogP contribution is -2.47. The fraction of sp³-hybridized carbons (Fsp3) is 0.385. The van der Waals surface area contributed by atoms with Gasteiger partial charge in [0, 0.05) is 5.38 Å². The van der Waals surface area contributed by atoms with Crippen molar-refractivity contribution in [2.75, 3.05) is 11.5 Å². The molecule has 1 N–H and O–H groups in total. The van der Waals surface area contributed by atoms with Crippen molar-refractivity contribution in [3.05, 3.63) is 29.5 Å². The van der Waals surface area contributed by atoms with Crippen LogP contribution >= 0.6 is 11.3 Å². The van der Waals surface area contributed by atoms with Gasteiger partial charge < -0.3 is 9.73 Å². The van der Waals surface area contributed by atoms with E-state index in [1.54, 1.807) is 30.7 Å². The maximum Gasteiger partial charge on any atom is 0.271 e. The number of amides is 1. The van der Waals surface area contributed by atoms with Crippen molar-refractivity contribution >= 4 is 27.1 Å². The summed E-state index contributed by atoms with van der Waals surface area (Å²) in [6.45, 7) is 1.75. The Kier molecular flexibility index (Phi) is 3.37. The van der Waals surface area contributed by atoms with Crippen LogP contribution in [0.2, 0.25) is 0 Å². The number of aromatic nitrogens is 1. The molecule has 1 atom stereocenters. The number of carbonyl (C=O) groups is 1. The molecule has 0 saturated carbocycles. The average Bonchev–Trinajstić information content (AvgIpc) is 3.09. The molecule has 8 heteroatoms. The average molecular weight is 326 g/mol. The van der Waals surface area contributed by atoms with Gasteiger partial charge in [-0.2, -0.15) is 0 Å². The second-order valence-corrected chi connectivity index (χ2v) is 8.41. The Bertz CT molecular complexity index is 764. The molecule has 2 aromatic heterocycles.